The molecule has 24 heavy (non-hydrogen) atoms. The average molecular weight is 351 g/mol. The highest BCUT2D eigenvalue weighted by atomic mass is 32.1. The lowest BCUT2D eigenvalue weighted by atomic mass is 10.2. The van der Waals surface area contributed by atoms with Gasteiger partial charge in [0, 0.05) is 18.0 Å². The van der Waals surface area contributed by atoms with Gasteiger partial charge in [0.15, 0.2) is 0 Å². The Morgan fingerprint density at radius 3 is 2.21 bits per heavy atom. The fourth-order valence-electron chi connectivity index (χ4n) is 1.94. The maximum atomic E-state index is 10.0. The molecule has 6 nitrogen and oxygen atoms in total. The van der Waals surface area contributed by atoms with Crippen molar-refractivity contribution in [2.24, 2.45) is 0 Å². The van der Waals surface area contributed by atoms with E-state index in [2.05, 4.69) is 36.2 Å². The topological polar surface area (TPSA) is 98.1 Å². The molecule has 1 atom stereocenters. The van der Waals surface area contributed by atoms with Gasteiger partial charge in [-0.15, -0.1) is 11.3 Å². The molecule has 0 saturated heterocycles. The zero-order valence-electron chi connectivity index (χ0n) is 13.3. The van der Waals surface area contributed by atoms with Crippen LogP contribution in [0, 0.1) is 0 Å². The Morgan fingerprint density at radius 2 is 1.71 bits per heavy atom. The van der Waals surface area contributed by atoms with Crippen molar-refractivity contribution in [1.29, 1.82) is 0 Å². The lowest BCUT2D eigenvalue weighted by Gasteiger charge is -2.18. The molecule has 1 unspecified atom stereocenters. The molecule has 0 fully saturated rings. The molecule has 0 radical (unpaired) electrons. The van der Waals surface area contributed by atoms with Crippen molar-refractivity contribution in [3.05, 3.63) is 58.3 Å². The van der Waals surface area contributed by atoms with Crippen molar-refractivity contribution >= 4 is 23.3 Å². The maximum absolute atomic E-state index is 10.0. The van der Waals surface area contributed by atoms with Crippen LogP contribution in [0.15, 0.2) is 47.8 Å². The molecule has 3 N–H and O–H groups in total. The first kappa shape index (κ1) is 19.8. The average Bonchev–Trinajstić information content (AvgIpc) is 3.08. The van der Waals surface area contributed by atoms with Gasteiger partial charge in [-0.3, -0.25) is 0 Å². The van der Waals surface area contributed by atoms with Gasteiger partial charge in [0.2, 0.25) is 0 Å². The molecule has 2 rings (SSSR count). The summed E-state index contributed by atoms with van der Waals surface area (Å²) in [5.74, 6) is -3.65. The van der Waals surface area contributed by atoms with E-state index in [-0.39, 0.29) is 6.10 Å². The Kier molecular flexibility index (Phi) is 8.70. The van der Waals surface area contributed by atoms with E-state index in [1.165, 1.54) is 5.56 Å². The molecule has 1 aromatic heterocycles. The van der Waals surface area contributed by atoms with Gasteiger partial charge >= 0.3 is 11.9 Å². The number of nitrogens with zero attached hydrogens (tertiary/aromatic N) is 1. The normalized spacial score (nSPS) is 11.5. The summed E-state index contributed by atoms with van der Waals surface area (Å²) in [6.07, 6.45) is 0.451. The number of thiophene rings is 1. The monoisotopic (exact) mass is 351 g/mol. The number of aliphatic hydroxyl groups excluding tert-OH is 1. The van der Waals surface area contributed by atoms with E-state index < -0.39 is 11.9 Å². The molecule has 0 aliphatic heterocycles. The van der Waals surface area contributed by atoms with Crippen LogP contribution < -0.4 is 0 Å². The van der Waals surface area contributed by atoms with Gasteiger partial charge in [-0.05, 0) is 30.5 Å². The SMILES string of the molecule is CN(CCC(O)c1cccs1)Cc1ccccc1.O=C(O)C(=O)O. The van der Waals surface area contributed by atoms with E-state index in [1.54, 1.807) is 11.3 Å². The van der Waals surface area contributed by atoms with E-state index in [9.17, 15) is 5.11 Å². The van der Waals surface area contributed by atoms with Crippen LogP contribution in [0.2, 0.25) is 0 Å². The van der Waals surface area contributed by atoms with Gasteiger partial charge in [-0.2, -0.15) is 0 Å². The minimum atomic E-state index is -1.82. The smallest absolute Gasteiger partial charge is 0.414 e. The predicted octanol–water partition coefficient (Wildman–Crippen LogP) is 2.46. The third-order valence-corrected chi connectivity index (χ3v) is 4.11. The third-order valence-electron chi connectivity index (χ3n) is 3.13. The zero-order chi connectivity index (χ0) is 17.9. The Labute approximate surface area is 144 Å². The van der Waals surface area contributed by atoms with Crippen LogP contribution >= 0.6 is 11.3 Å². The quantitative estimate of drug-likeness (QED) is 0.692. The molecule has 0 saturated carbocycles. The lowest BCUT2D eigenvalue weighted by molar-refractivity contribution is -0.159. The Hall–Kier alpha value is -2.22. The first-order chi connectivity index (χ1) is 11.4. The molecule has 0 amide bonds. The van der Waals surface area contributed by atoms with Gasteiger partial charge in [-0.25, -0.2) is 9.59 Å². The van der Waals surface area contributed by atoms with Gasteiger partial charge in [0.25, 0.3) is 0 Å². The molecule has 0 bridgehead atoms. The highest BCUT2D eigenvalue weighted by molar-refractivity contribution is 7.10. The van der Waals surface area contributed by atoms with E-state index in [4.69, 9.17) is 19.8 Å². The van der Waals surface area contributed by atoms with Crippen LogP contribution in [0.1, 0.15) is 23.0 Å². The standard InChI is InChI=1S/C15H19NOS.C2H2O4/c1-16(12-13-6-3-2-4-7-13)10-9-14(17)15-8-5-11-18-15;3-1(4)2(5)6/h2-8,11,14,17H,9-10,12H2,1H3;(H,3,4)(H,5,6). The second kappa shape index (κ2) is 10.5. The second-order valence-electron chi connectivity index (χ2n) is 5.15. The number of aliphatic hydroxyl groups is 1. The number of hydrogen-bond acceptors (Lipinski definition) is 5. The van der Waals surface area contributed by atoms with Crippen molar-refractivity contribution in [2.45, 2.75) is 19.1 Å². The minimum Gasteiger partial charge on any atom is -0.473 e. The van der Waals surface area contributed by atoms with Crippen molar-refractivity contribution < 1.29 is 24.9 Å². The van der Waals surface area contributed by atoms with Crippen LogP contribution in [-0.2, 0) is 16.1 Å². The fourth-order valence-corrected chi connectivity index (χ4v) is 2.69. The van der Waals surface area contributed by atoms with Gasteiger partial charge in [-0.1, -0.05) is 36.4 Å². The predicted molar refractivity (Wildman–Crippen MR) is 91.9 cm³/mol. The Morgan fingerprint density at radius 1 is 1.08 bits per heavy atom. The number of aliphatic carboxylic acids is 2. The second-order valence-corrected chi connectivity index (χ2v) is 6.13. The first-order valence-electron chi connectivity index (χ1n) is 7.30. The van der Waals surface area contributed by atoms with Gasteiger partial charge < -0.3 is 20.2 Å². The number of rotatable bonds is 6. The van der Waals surface area contributed by atoms with Crippen LogP contribution in [0.5, 0.6) is 0 Å². The molecule has 130 valence electrons. The molecule has 7 heteroatoms. The number of benzene rings is 1. The number of carbonyl (C=O) groups is 2. The van der Waals surface area contributed by atoms with Crippen molar-refractivity contribution in [2.75, 3.05) is 13.6 Å². The molecule has 0 aliphatic carbocycles. The van der Waals surface area contributed by atoms with Gasteiger partial charge in [0.05, 0.1) is 6.10 Å². The Balaban J connectivity index is 0.000000413. The van der Waals surface area contributed by atoms with Crippen molar-refractivity contribution in [1.82, 2.24) is 4.90 Å². The number of carboxylic acid groups (broad SMARTS) is 2. The van der Waals surface area contributed by atoms with Gasteiger partial charge in [0.1, 0.15) is 0 Å². The van der Waals surface area contributed by atoms with Crippen LogP contribution in [-0.4, -0.2) is 45.8 Å². The van der Waals surface area contributed by atoms with Crippen LogP contribution in [0.4, 0.5) is 0 Å². The van der Waals surface area contributed by atoms with E-state index in [1.807, 2.05) is 23.6 Å². The molecular formula is C17H21NO5S. The molecule has 0 aliphatic rings. The highest BCUT2D eigenvalue weighted by Crippen LogP contribution is 2.21. The van der Waals surface area contributed by atoms with Crippen molar-refractivity contribution in [3.8, 4) is 0 Å². The summed E-state index contributed by atoms with van der Waals surface area (Å²) in [7, 11) is 2.09. The molecular weight excluding hydrogens is 330 g/mol. The number of hydrogen-bond donors (Lipinski definition) is 3. The minimum absolute atomic E-state index is 0.330. The summed E-state index contributed by atoms with van der Waals surface area (Å²) in [4.78, 5) is 21.5. The highest BCUT2D eigenvalue weighted by Gasteiger charge is 2.09. The number of carboxylic acids is 2. The summed E-state index contributed by atoms with van der Waals surface area (Å²) in [6.45, 7) is 1.83. The Bertz CT molecular complexity index is 603. The van der Waals surface area contributed by atoms with Crippen LogP contribution in [0.25, 0.3) is 0 Å². The van der Waals surface area contributed by atoms with E-state index in [0.717, 1.165) is 24.4 Å². The van der Waals surface area contributed by atoms with E-state index >= 15 is 0 Å². The third kappa shape index (κ3) is 7.87. The summed E-state index contributed by atoms with van der Waals surface area (Å²) >= 11 is 1.62. The largest absolute Gasteiger partial charge is 0.473 e. The zero-order valence-corrected chi connectivity index (χ0v) is 14.1. The maximum Gasteiger partial charge on any atom is 0.414 e. The van der Waals surface area contributed by atoms with Crippen molar-refractivity contribution in [3.63, 3.8) is 0 Å². The molecule has 0 spiro atoms. The lowest BCUT2D eigenvalue weighted by Crippen LogP contribution is -2.20. The summed E-state index contributed by atoms with van der Waals surface area (Å²) < 4.78 is 0. The summed E-state index contributed by atoms with van der Waals surface area (Å²) in [6, 6.07) is 14.4. The molecule has 1 heterocycles. The first-order valence-corrected chi connectivity index (χ1v) is 8.18. The van der Waals surface area contributed by atoms with Crippen LogP contribution in [0.3, 0.4) is 0 Å². The summed E-state index contributed by atoms with van der Waals surface area (Å²) in [5, 5.41) is 26.8. The van der Waals surface area contributed by atoms with E-state index in [0.29, 0.717) is 0 Å². The fraction of sp³-hybridized carbons (Fsp3) is 0.294. The summed E-state index contributed by atoms with van der Waals surface area (Å²) in [5.41, 5.74) is 1.31. The molecule has 2 aromatic rings. The molecule has 1 aromatic carbocycles.